The average molecular weight is 223 g/mol. The normalized spacial score (nSPS) is 14.4. The first-order valence-corrected chi connectivity index (χ1v) is 4.13. The highest BCUT2D eigenvalue weighted by atomic mass is 79.9. The van der Waals surface area contributed by atoms with Crippen LogP contribution in [0.5, 0.6) is 0 Å². The van der Waals surface area contributed by atoms with Gasteiger partial charge in [0, 0.05) is 0 Å². The van der Waals surface area contributed by atoms with Gasteiger partial charge in [0.2, 0.25) is 0 Å². The molecule has 0 aromatic heterocycles. The number of halogens is 2. The van der Waals surface area contributed by atoms with Crippen LogP contribution in [0, 0.1) is 0 Å². The van der Waals surface area contributed by atoms with Gasteiger partial charge in [0.25, 0.3) is 0 Å². The Hall–Kier alpha value is -0.180. The Balaban J connectivity index is 4.82. The van der Waals surface area contributed by atoms with Crippen molar-refractivity contribution >= 4 is 21.7 Å². The van der Waals surface area contributed by atoms with Crippen LogP contribution in [0.15, 0.2) is 10.1 Å². The van der Waals surface area contributed by atoms with E-state index in [-0.39, 0.29) is 5.78 Å². The molecule has 0 radical (unpaired) electrons. The Morgan fingerprint density at radius 3 is 1.82 bits per heavy atom. The molecule has 0 aliphatic heterocycles. The lowest BCUT2D eigenvalue weighted by molar-refractivity contribution is -0.113. The summed E-state index contributed by atoms with van der Waals surface area (Å²) < 4.78 is 13.5. The van der Waals surface area contributed by atoms with Crippen LogP contribution in [0.2, 0.25) is 0 Å². The lowest BCUT2D eigenvalue weighted by Crippen LogP contribution is -2.16. The van der Waals surface area contributed by atoms with Gasteiger partial charge >= 0.3 is 0 Å². The maximum absolute atomic E-state index is 13.2. The van der Waals surface area contributed by atoms with Crippen LogP contribution in [-0.2, 0) is 4.79 Å². The van der Waals surface area contributed by atoms with Gasteiger partial charge in [0.1, 0.15) is 5.67 Å². The third kappa shape index (κ3) is 3.14. The summed E-state index contributed by atoms with van der Waals surface area (Å²) in [6, 6.07) is 0. The van der Waals surface area contributed by atoms with Gasteiger partial charge < -0.3 is 0 Å². The van der Waals surface area contributed by atoms with Gasteiger partial charge in [-0.3, -0.25) is 4.79 Å². The maximum Gasteiger partial charge on any atom is 0.166 e. The van der Waals surface area contributed by atoms with Crippen molar-refractivity contribution in [3.8, 4) is 0 Å². The Labute approximate surface area is 74.8 Å². The van der Waals surface area contributed by atoms with E-state index >= 15 is 0 Å². The molecule has 0 saturated heterocycles. The van der Waals surface area contributed by atoms with E-state index < -0.39 is 5.67 Å². The lowest BCUT2D eigenvalue weighted by atomic mass is 10.0. The zero-order valence-corrected chi connectivity index (χ0v) is 8.75. The standard InChI is InChI=1S/C8H12BrFO/c1-5(8(3,4)10)7(9)6(2)11/h1-4H3/b7-5-. The van der Waals surface area contributed by atoms with E-state index in [2.05, 4.69) is 15.9 Å². The summed E-state index contributed by atoms with van der Waals surface area (Å²) in [7, 11) is 0. The number of carbonyl (C=O) groups excluding carboxylic acids is 1. The smallest absolute Gasteiger partial charge is 0.166 e. The molecular formula is C8H12BrFO. The summed E-state index contributed by atoms with van der Waals surface area (Å²) in [6.45, 7) is 5.85. The van der Waals surface area contributed by atoms with E-state index in [9.17, 15) is 9.18 Å². The molecule has 3 heteroatoms. The van der Waals surface area contributed by atoms with Crippen molar-refractivity contribution in [1.82, 2.24) is 0 Å². The van der Waals surface area contributed by atoms with Crippen LogP contribution in [0.3, 0.4) is 0 Å². The number of ketones is 1. The summed E-state index contributed by atoms with van der Waals surface area (Å²) in [4.78, 5) is 10.8. The average Bonchev–Trinajstić information content (AvgIpc) is 1.82. The molecule has 64 valence electrons. The zero-order valence-electron chi connectivity index (χ0n) is 7.16. The predicted octanol–water partition coefficient (Wildman–Crippen LogP) is 2.99. The van der Waals surface area contributed by atoms with E-state index in [1.807, 2.05) is 0 Å². The van der Waals surface area contributed by atoms with Crippen LogP contribution < -0.4 is 0 Å². The molecule has 0 heterocycles. The number of rotatable bonds is 2. The number of hydrogen-bond acceptors (Lipinski definition) is 1. The summed E-state index contributed by atoms with van der Waals surface area (Å²) in [5.74, 6) is -0.145. The van der Waals surface area contributed by atoms with E-state index in [0.717, 1.165) is 0 Å². The molecule has 0 atom stereocenters. The van der Waals surface area contributed by atoms with Crippen LogP contribution in [0.4, 0.5) is 4.39 Å². The van der Waals surface area contributed by atoms with Gasteiger partial charge in [0.15, 0.2) is 5.78 Å². The summed E-state index contributed by atoms with van der Waals surface area (Å²) >= 11 is 3.03. The van der Waals surface area contributed by atoms with Crippen LogP contribution in [0.1, 0.15) is 27.7 Å². The molecule has 0 aromatic rings. The van der Waals surface area contributed by atoms with Crippen molar-refractivity contribution < 1.29 is 9.18 Å². The van der Waals surface area contributed by atoms with Gasteiger partial charge in [0.05, 0.1) is 4.48 Å². The highest BCUT2D eigenvalue weighted by Crippen LogP contribution is 2.26. The number of Topliss-reactive ketones (excluding diaryl/α,β-unsaturated/α-hetero) is 1. The van der Waals surface area contributed by atoms with Gasteiger partial charge in [-0.1, -0.05) is 0 Å². The SMILES string of the molecule is CC(=O)/C(Br)=C(\C)C(C)(C)F. The second-order valence-corrected chi connectivity index (χ2v) is 3.76. The molecule has 0 N–H and O–H groups in total. The molecule has 0 saturated carbocycles. The minimum Gasteiger partial charge on any atom is -0.294 e. The molecule has 0 aliphatic rings. The third-order valence-corrected chi connectivity index (χ3v) is 2.68. The monoisotopic (exact) mass is 222 g/mol. The van der Waals surface area contributed by atoms with Crippen LogP contribution in [-0.4, -0.2) is 11.5 Å². The molecule has 1 nitrogen and oxygen atoms in total. The fourth-order valence-electron chi connectivity index (χ4n) is 0.525. The first-order valence-electron chi connectivity index (χ1n) is 3.33. The minimum atomic E-state index is -1.43. The Morgan fingerprint density at radius 1 is 1.36 bits per heavy atom. The summed E-state index contributed by atoms with van der Waals surface area (Å²) in [5.41, 5.74) is -0.991. The third-order valence-electron chi connectivity index (χ3n) is 1.53. The minimum absolute atomic E-state index is 0.145. The molecule has 0 rings (SSSR count). The highest BCUT2D eigenvalue weighted by molar-refractivity contribution is 9.12. The van der Waals surface area contributed by atoms with Crippen LogP contribution >= 0.6 is 15.9 Å². The van der Waals surface area contributed by atoms with Crippen molar-refractivity contribution in [1.29, 1.82) is 0 Å². The lowest BCUT2D eigenvalue weighted by Gasteiger charge is -2.15. The van der Waals surface area contributed by atoms with E-state index in [1.54, 1.807) is 6.92 Å². The predicted molar refractivity (Wildman–Crippen MR) is 47.5 cm³/mol. The van der Waals surface area contributed by atoms with Crippen molar-refractivity contribution in [2.45, 2.75) is 33.4 Å². The molecule has 0 spiro atoms. The highest BCUT2D eigenvalue weighted by Gasteiger charge is 2.22. The van der Waals surface area contributed by atoms with E-state index in [1.165, 1.54) is 20.8 Å². The number of hydrogen-bond donors (Lipinski definition) is 0. The van der Waals surface area contributed by atoms with Gasteiger partial charge in [-0.15, -0.1) is 0 Å². The van der Waals surface area contributed by atoms with E-state index in [4.69, 9.17) is 0 Å². The van der Waals surface area contributed by atoms with Gasteiger partial charge in [-0.2, -0.15) is 0 Å². The molecule has 0 aromatic carbocycles. The Kier molecular flexibility index (Phi) is 3.42. The number of alkyl halides is 1. The van der Waals surface area contributed by atoms with Gasteiger partial charge in [-0.05, 0) is 49.2 Å². The topological polar surface area (TPSA) is 17.1 Å². The molecule has 11 heavy (non-hydrogen) atoms. The quantitative estimate of drug-likeness (QED) is 0.657. The number of carbonyl (C=O) groups is 1. The largest absolute Gasteiger partial charge is 0.294 e. The second kappa shape index (κ2) is 3.48. The summed E-state index contributed by atoms with van der Waals surface area (Å²) in [5, 5.41) is 0. The first kappa shape index (κ1) is 10.8. The molecular weight excluding hydrogens is 211 g/mol. The second-order valence-electron chi connectivity index (χ2n) is 2.97. The van der Waals surface area contributed by atoms with Crippen molar-refractivity contribution in [2.24, 2.45) is 0 Å². The number of allylic oxidation sites excluding steroid dienone is 2. The Bertz CT molecular complexity index is 201. The zero-order chi connectivity index (χ0) is 9.23. The van der Waals surface area contributed by atoms with Crippen molar-refractivity contribution in [2.75, 3.05) is 0 Å². The maximum atomic E-state index is 13.2. The molecule has 0 bridgehead atoms. The molecule has 0 amide bonds. The fourth-order valence-corrected chi connectivity index (χ4v) is 0.996. The molecule has 0 unspecified atom stereocenters. The Morgan fingerprint density at radius 2 is 1.73 bits per heavy atom. The summed E-state index contributed by atoms with van der Waals surface area (Å²) in [6.07, 6.45) is 0. The van der Waals surface area contributed by atoms with E-state index in [0.29, 0.717) is 10.1 Å². The van der Waals surface area contributed by atoms with Crippen LogP contribution in [0.25, 0.3) is 0 Å². The van der Waals surface area contributed by atoms with Crippen molar-refractivity contribution in [3.05, 3.63) is 10.1 Å². The fraction of sp³-hybridized carbons (Fsp3) is 0.625. The molecule has 0 fully saturated rings. The van der Waals surface area contributed by atoms with Crippen molar-refractivity contribution in [3.63, 3.8) is 0 Å². The van der Waals surface area contributed by atoms with Gasteiger partial charge in [-0.25, -0.2) is 4.39 Å². The molecule has 0 aliphatic carbocycles. The first-order chi connectivity index (χ1) is 4.76.